The number of hydrogen-bond donors (Lipinski definition) is 2. The van der Waals surface area contributed by atoms with Gasteiger partial charge in [0.2, 0.25) is 5.95 Å². The van der Waals surface area contributed by atoms with Crippen LogP contribution in [0.25, 0.3) is 0 Å². The Bertz CT molecular complexity index is 1010. The Morgan fingerprint density at radius 1 is 0.970 bits per heavy atom. The maximum Gasteiger partial charge on any atom is 0.422 e. The van der Waals surface area contributed by atoms with Gasteiger partial charge in [0, 0.05) is 0 Å². The Balaban J connectivity index is 2.21. The maximum atomic E-state index is 12.5. The molecule has 1 aromatic carbocycles. The number of alkyl halides is 6. The number of amides is 3. The van der Waals surface area contributed by atoms with E-state index in [0.717, 1.165) is 12.1 Å². The fraction of sp³-hybridized carbons (Fsp3) is 0.353. The van der Waals surface area contributed by atoms with E-state index < -0.39 is 54.6 Å². The number of ether oxygens (including phenoxy) is 3. The third kappa shape index (κ3) is 8.66. The molecule has 16 heteroatoms. The monoisotopic (exact) mass is 483 g/mol. The molecule has 2 N–H and O–H groups in total. The number of carbonyl (C=O) groups excluding carboxylic acids is 2. The zero-order valence-electron chi connectivity index (χ0n) is 16.8. The second-order valence-corrected chi connectivity index (χ2v) is 6.07. The molecule has 0 aliphatic rings. The minimum atomic E-state index is -4.77. The van der Waals surface area contributed by atoms with Gasteiger partial charge in [0.1, 0.15) is 17.3 Å². The first kappa shape index (κ1) is 25.4. The Labute approximate surface area is 181 Å². The van der Waals surface area contributed by atoms with Crippen molar-refractivity contribution in [3.63, 3.8) is 0 Å². The summed E-state index contributed by atoms with van der Waals surface area (Å²) in [6.07, 6.45) is -9.48. The Morgan fingerprint density at radius 2 is 1.61 bits per heavy atom. The van der Waals surface area contributed by atoms with Crippen LogP contribution in [0.2, 0.25) is 0 Å². The lowest BCUT2D eigenvalue weighted by Gasteiger charge is -2.15. The van der Waals surface area contributed by atoms with Gasteiger partial charge in [0.05, 0.1) is 12.7 Å². The Hall–Kier alpha value is -3.85. The molecule has 2 rings (SSSR count). The third-order valence-electron chi connectivity index (χ3n) is 3.35. The number of aryl methyl sites for hydroxylation is 1. The molecule has 3 amide bonds. The number of hydrogen-bond acceptors (Lipinski definition) is 8. The van der Waals surface area contributed by atoms with E-state index in [-0.39, 0.29) is 17.8 Å². The summed E-state index contributed by atoms with van der Waals surface area (Å²) in [5.41, 5.74) is -0.696. The summed E-state index contributed by atoms with van der Waals surface area (Å²) in [4.78, 5) is 35.8. The predicted molar refractivity (Wildman–Crippen MR) is 97.1 cm³/mol. The van der Waals surface area contributed by atoms with Crippen LogP contribution in [-0.2, 0) is 0 Å². The van der Waals surface area contributed by atoms with E-state index in [1.165, 1.54) is 14.0 Å². The first-order chi connectivity index (χ1) is 15.3. The largest absolute Gasteiger partial charge is 0.484 e. The minimum Gasteiger partial charge on any atom is -0.484 e. The zero-order valence-corrected chi connectivity index (χ0v) is 16.8. The lowest BCUT2D eigenvalue weighted by atomic mass is 10.1. The van der Waals surface area contributed by atoms with Crippen molar-refractivity contribution in [1.82, 2.24) is 20.3 Å². The fourth-order valence-electron chi connectivity index (χ4n) is 2.13. The molecule has 0 bridgehead atoms. The van der Waals surface area contributed by atoms with E-state index in [1.807, 2.05) is 0 Å². The van der Waals surface area contributed by atoms with E-state index in [4.69, 9.17) is 4.74 Å². The summed E-state index contributed by atoms with van der Waals surface area (Å²) in [7, 11) is 1.25. The molecule has 0 atom stereocenters. The summed E-state index contributed by atoms with van der Waals surface area (Å²) < 4.78 is 88.3. The number of imide groups is 1. The van der Waals surface area contributed by atoms with Gasteiger partial charge in [-0.3, -0.25) is 15.4 Å². The number of rotatable bonds is 7. The summed E-state index contributed by atoms with van der Waals surface area (Å²) in [6.45, 7) is -2.07. The molecule has 180 valence electrons. The highest BCUT2D eigenvalue weighted by Crippen LogP contribution is 2.28. The second-order valence-electron chi connectivity index (χ2n) is 6.07. The van der Waals surface area contributed by atoms with Gasteiger partial charge in [-0.1, -0.05) is 0 Å². The van der Waals surface area contributed by atoms with Crippen molar-refractivity contribution in [3.8, 4) is 17.5 Å². The summed E-state index contributed by atoms with van der Waals surface area (Å²) in [6, 6.07) is 0.993. The Morgan fingerprint density at radius 3 is 2.21 bits per heavy atom. The minimum absolute atomic E-state index is 0.151. The van der Waals surface area contributed by atoms with Crippen molar-refractivity contribution in [2.24, 2.45) is 0 Å². The van der Waals surface area contributed by atoms with Gasteiger partial charge in [-0.25, -0.2) is 4.79 Å². The van der Waals surface area contributed by atoms with E-state index in [9.17, 15) is 35.9 Å². The van der Waals surface area contributed by atoms with Crippen molar-refractivity contribution >= 4 is 17.9 Å². The lowest BCUT2D eigenvalue weighted by molar-refractivity contribution is -0.154. The van der Waals surface area contributed by atoms with Crippen LogP contribution >= 0.6 is 0 Å². The van der Waals surface area contributed by atoms with Gasteiger partial charge in [-0.15, -0.1) is 0 Å². The molecule has 2 aromatic rings. The number of anilines is 1. The van der Waals surface area contributed by atoms with Crippen molar-refractivity contribution in [3.05, 3.63) is 29.6 Å². The first-order valence-corrected chi connectivity index (χ1v) is 8.68. The number of halogens is 6. The molecule has 0 saturated heterocycles. The summed E-state index contributed by atoms with van der Waals surface area (Å²) in [5, 5.41) is 3.85. The van der Waals surface area contributed by atoms with Gasteiger partial charge in [-0.2, -0.15) is 41.3 Å². The molecule has 0 saturated carbocycles. The number of urea groups is 1. The van der Waals surface area contributed by atoms with Crippen molar-refractivity contribution in [2.75, 3.05) is 25.6 Å². The van der Waals surface area contributed by atoms with Crippen molar-refractivity contribution in [2.45, 2.75) is 19.3 Å². The van der Waals surface area contributed by atoms with Crippen LogP contribution in [-0.4, -0.2) is 59.6 Å². The highest BCUT2D eigenvalue weighted by atomic mass is 19.4. The van der Waals surface area contributed by atoms with Crippen LogP contribution in [0.5, 0.6) is 17.5 Å². The Kier molecular flexibility index (Phi) is 7.84. The van der Waals surface area contributed by atoms with Gasteiger partial charge in [-0.05, 0) is 25.1 Å². The smallest absolute Gasteiger partial charge is 0.422 e. The van der Waals surface area contributed by atoms with Crippen molar-refractivity contribution < 1.29 is 50.1 Å². The highest BCUT2D eigenvalue weighted by molar-refractivity contribution is 6.09. The SMILES string of the molecule is COc1nc(C)nc(NC(=O)NC(=O)c2cc(OCC(F)(F)F)ccc2OCC(F)(F)F)n1. The average Bonchev–Trinajstić information content (AvgIpc) is 2.69. The normalized spacial score (nSPS) is 11.5. The van der Waals surface area contributed by atoms with Crippen LogP contribution < -0.4 is 24.8 Å². The van der Waals surface area contributed by atoms with Gasteiger partial charge in [0.25, 0.3) is 5.91 Å². The van der Waals surface area contributed by atoms with Crippen LogP contribution in [0.15, 0.2) is 18.2 Å². The standard InChI is InChI=1S/C17H15F6N5O5/c1-8-24-13(28-15(25-8)31-2)27-14(30)26-12(29)10-5-9(32-6-16(18,19)20)3-4-11(10)33-7-17(21,22)23/h3-5H,6-7H2,1-2H3,(H2,24,25,26,27,28,29,30). The second kappa shape index (κ2) is 10.2. The first-order valence-electron chi connectivity index (χ1n) is 8.68. The van der Waals surface area contributed by atoms with Gasteiger partial charge in [0.15, 0.2) is 13.2 Å². The van der Waals surface area contributed by atoms with Gasteiger partial charge < -0.3 is 14.2 Å². The van der Waals surface area contributed by atoms with Crippen LogP contribution in [0.3, 0.4) is 0 Å². The fourth-order valence-corrected chi connectivity index (χ4v) is 2.13. The number of nitrogens with zero attached hydrogens (tertiary/aromatic N) is 3. The number of methoxy groups -OCH3 is 1. The molecule has 0 aliphatic heterocycles. The quantitative estimate of drug-likeness (QED) is 0.576. The van der Waals surface area contributed by atoms with Crippen LogP contribution in [0, 0.1) is 6.92 Å². The van der Waals surface area contributed by atoms with E-state index in [2.05, 4.69) is 29.7 Å². The molecule has 33 heavy (non-hydrogen) atoms. The molecule has 1 heterocycles. The summed E-state index contributed by atoms with van der Waals surface area (Å²) in [5.74, 6) is -2.63. The number of nitrogens with one attached hydrogen (secondary N) is 2. The molecule has 1 aromatic heterocycles. The van der Waals surface area contributed by atoms with Crippen LogP contribution in [0.1, 0.15) is 16.2 Å². The lowest BCUT2D eigenvalue weighted by Crippen LogP contribution is -2.35. The average molecular weight is 483 g/mol. The molecule has 0 fully saturated rings. The molecular formula is C17H15F6N5O5. The molecule has 0 spiro atoms. The topological polar surface area (TPSA) is 125 Å². The molecule has 0 unspecified atom stereocenters. The number of aromatic nitrogens is 3. The molecular weight excluding hydrogens is 468 g/mol. The third-order valence-corrected chi connectivity index (χ3v) is 3.35. The zero-order chi connectivity index (χ0) is 24.8. The van der Waals surface area contributed by atoms with E-state index in [1.54, 1.807) is 5.32 Å². The molecule has 10 nitrogen and oxygen atoms in total. The summed E-state index contributed by atoms with van der Waals surface area (Å²) >= 11 is 0. The number of benzene rings is 1. The molecule has 0 aliphatic carbocycles. The predicted octanol–water partition coefficient (Wildman–Crippen LogP) is 3.03. The van der Waals surface area contributed by atoms with E-state index in [0.29, 0.717) is 6.07 Å². The highest BCUT2D eigenvalue weighted by Gasteiger charge is 2.31. The van der Waals surface area contributed by atoms with Crippen LogP contribution in [0.4, 0.5) is 37.1 Å². The number of carbonyl (C=O) groups is 2. The van der Waals surface area contributed by atoms with Crippen molar-refractivity contribution in [1.29, 1.82) is 0 Å². The molecule has 0 radical (unpaired) electrons. The van der Waals surface area contributed by atoms with E-state index >= 15 is 0 Å². The maximum absolute atomic E-state index is 12.5. The van der Waals surface area contributed by atoms with Gasteiger partial charge >= 0.3 is 24.4 Å².